The Hall–Kier alpha value is -2.63. The number of ether oxygens (including phenoxy) is 1. The van der Waals surface area contributed by atoms with E-state index in [1.54, 1.807) is 24.0 Å². The van der Waals surface area contributed by atoms with E-state index in [-0.39, 0.29) is 5.95 Å². The molecule has 6 heteroatoms. The molecule has 0 saturated carbocycles. The molecule has 0 aliphatic heterocycles. The van der Waals surface area contributed by atoms with Crippen LogP contribution in [-0.2, 0) is 0 Å². The summed E-state index contributed by atoms with van der Waals surface area (Å²) in [7, 11) is 1.59. The summed E-state index contributed by atoms with van der Waals surface area (Å²) in [6, 6.07) is 7.59. The fourth-order valence-corrected chi connectivity index (χ4v) is 1.84. The van der Waals surface area contributed by atoms with Crippen molar-refractivity contribution in [3.63, 3.8) is 0 Å². The van der Waals surface area contributed by atoms with Crippen LogP contribution >= 0.6 is 0 Å². The Balaban J connectivity index is 2.24. The highest BCUT2D eigenvalue weighted by molar-refractivity contribution is 5.78. The number of hydrogen-bond acceptors (Lipinski definition) is 5. The van der Waals surface area contributed by atoms with Crippen molar-refractivity contribution < 1.29 is 4.74 Å². The number of hydrogen-bond donors (Lipinski definition) is 1. The molecule has 0 aliphatic carbocycles. The van der Waals surface area contributed by atoms with Gasteiger partial charge in [0.25, 0.3) is 0 Å². The summed E-state index contributed by atoms with van der Waals surface area (Å²) in [5.41, 5.74) is 8.22. The zero-order valence-corrected chi connectivity index (χ0v) is 9.74. The Morgan fingerprint density at radius 2 is 2.22 bits per heavy atom. The molecule has 0 unspecified atom stereocenters. The number of nitrogens with zero attached hydrogens (tertiary/aromatic N) is 4. The highest BCUT2D eigenvalue weighted by Crippen LogP contribution is 2.25. The third-order valence-corrected chi connectivity index (χ3v) is 2.63. The van der Waals surface area contributed by atoms with Gasteiger partial charge in [0.15, 0.2) is 5.65 Å². The predicted molar refractivity (Wildman–Crippen MR) is 67.2 cm³/mol. The van der Waals surface area contributed by atoms with Gasteiger partial charge in [-0.25, -0.2) is 9.50 Å². The van der Waals surface area contributed by atoms with Crippen LogP contribution in [0.1, 0.15) is 0 Å². The summed E-state index contributed by atoms with van der Waals surface area (Å²) in [4.78, 5) is 8.29. The maximum Gasteiger partial charge on any atom is 0.240 e. The van der Waals surface area contributed by atoms with Crippen molar-refractivity contribution in [2.75, 3.05) is 12.8 Å². The fraction of sp³-hybridized carbons (Fsp3) is 0.0833. The van der Waals surface area contributed by atoms with Gasteiger partial charge in [-0.2, -0.15) is 4.98 Å². The molecule has 3 heterocycles. The van der Waals surface area contributed by atoms with Gasteiger partial charge >= 0.3 is 0 Å². The molecule has 0 fully saturated rings. The van der Waals surface area contributed by atoms with E-state index >= 15 is 0 Å². The Morgan fingerprint density at radius 1 is 1.33 bits per heavy atom. The van der Waals surface area contributed by atoms with Gasteiger partial charge in [-0.05, 0) is 23.8 Å². The van der Waals surface area contributed by atoms with Crippen LogP contribution in [0.2, 0.25) is 0 Å². The van der Waals surface area contributed by atoms with E-state index in [0.29, 0.717) is 11.5 Å². The summed E-state index contributed by atoms with van der Waals surface area (Å²) >= 11 is 0. The first-order valence-electron chi connectivity index (χ1n) is 5.39. The molecule has 0 aromatic carbocycles. The maximum absolute atomic E-state index is 5.61. The van der Waals surface area contributed by atoms with Crippen LogP contribution in [0.3, 0.4) is 0 Å². The average Bonchev–Trinajstić information content (AvgIpc) is 2.78. The Bertz CT molecular complexity index is 707. The Kier molecular flexibility index (Phi) is 2.33. The van der Waals surface area contributed by atoms with Crippen LogP contribution in [0.15, 0.2) is 36.7 Å². The van der Waals surface area contributed by atoms with Crippen LogP contribution in [0.25, 0.3) is 16.8 Å². The first kappa shape index (κ1) is 10.5. The second-order valence-corrected chi connectivity index (χ2v) is 3.75. The minimum absolute atomic E-state index is 0.253. The molecular formula is C12H11N5O. The van der Waals surface area contributed by atoms with Gasteiger partial charge in [-0.3, -0.25) is 0 Å². The molecule has 0 bridgehead atoms. The Labute approximate surface area is 103 Å². The largest absolute Gasteiger partial charge is 0.481 e. The van der Waals surface area contributed by atoms with Crippen LogP contribution in [0.5, 0.6) is 5.88 Å². The van der Waals surface area contributed by atoms with Crippen LogP contribution in [0, 0.1) is 0 Å². The first-order valence-corrected chi connectivity index (χ1v) is 5.39. The number of anilines is 1. The lowest BCUT2D eigenvalue weighted by Gasteiger charge is -2.04. The van der Waals surface area contributed by atoms with Crippen LogP contribution < -0.4 is 10.5 Å². The van der Waals surface area contributed by atoms with Crippen molar-refractivity contribution in [1.82, 2.24) is 19.6 Å². The smallest absolute Gasteiger partial charge is 0.240 e. The second kappa shape index (κ2) is 3.99. The number of methoxy groups -OCH3 is 1. The SMILES string of the molecule is COc1cc(-c2cccn3nc(N)nc23)ccn1. The number of aromatic nitrogens is 4. The number of nitrogens with two attached hydrogens (primary N) is 1. The lowest BCUT2D eigenvalue weighted by Crippen LogP contribution is -1.91. The molecule has 0 atom stereocenters. The summed E-state index contributed by atoms with van der Waals surface area (Å²) < 4.78 is 6.77. The summed E-state index contributed by atoms with van der Waals surface area (Å²) in [6.45, 7) is 0. The van der Waals surface area contributed by atoms with Gasteiger partial charge < -0.3 is 10.5 Å². The number of rotatable bonds is 2. The van der Waals surface area contributed by atoms with E-state index in [4.69, 9.17) is 10.5 Å². The maximum atomic E-state index is 5.61. The van der Waals surface area contributed by atoms with E-state index in [1.165, 1.54) is 0 Å². The van der Waals surface area contributed by atoms with Crippen LogP contribution in [-0.4, -0.2) is 26.7 Å². The molecule has 3 rings (SSSR count). The molecular weight excluding hydrogens is 230 g/mol. The van der Waals surface area contributed by atoms with Gasteiger partial charge in [0.2, 0.25) is 11.8 Å². The molecule has 0 spiro atoms. The van der Waals surface area contributed by atoms with E-state index in [9.17, 15) is 0 Å². The second-order valence-electron chi connectivity index (χ2n) is 3.75. The van der Waals surface area contributed by atoms with Crippen molar-refractivity contribution in [3.8, 4) is 17.0 Å². The highest BCUT2D eigenvalue weighted by atomic mass is 16.5. The standard InChI is InChI=1S/C12H11N5O/c1-18-10-7-8(4-5-14-10)9-3-2-6-17-11(9)15-12(13)16-17/h2-7H,1H3,(H2,13,16). The minimum atomic E-state index is 0.253. The summed E-state index contributed by atoms with van der Waals surface area (Å²) in [6.07, 6.45) is 3.50. The quantitative estimate of drug-likeness (QED) is 0.733. The summed E-state index contributed by atoms with van der Waals surface area (Å²) in [5.74, 6) is 0.811. The third kappa shape index (κ3) is 1.64. The lowest BCUT2D eigenvalue weighted by molar-refractivity contribution is 0.398. The zero-order valence-electron chi connectivity index (χ0n) is 9.74. The molecule has 0 saturated heterocycles. The van der Waals surface area contributed by atoms with Gasteiger partial charge in [0.1, 0.15) is 0 Å². The molecule has 90 valence electrons. The monoisotopic (exact) mass is 241 g/mol. The van der Waals surface area contributed by atoms with Crippen molar-refractivity contribution >= 4 is 11.6 Å². The summed E-state index contributed by atoms with van der Waals surface area (Å²) in [5, 5.41) is 4.08. The first-order chi connectivity index (χ1) is 8.78. The molecule has 0 radical (unpaired) electrons. The number of nitrogen functional groups attached to an aromatic ring is 1. The van der Waals surface area contributed by atoms with Gasteiger partial charge in [0.05, 0.1) is 7.11 Å². The molecule has 3 aromatic heterocycles. The predicted octanol–water partition coefficient (Wildman–Crippen LogP) is 1.38. The van der Waals surface area contributed by atoms with E-state index in [1.807, 2.05) is 24.3 Å². The van der Waals surface area contributed by atoms with Gasteiger partial charge in [-0.15, -0.1) is 5.10 Å². The van der Waals surface area contributed by atoms with Crippen molar-refractivity contribution in [2.45, 2.75) is 0 Å². The highest BCUT2D eigenvalue weighted by Gasteiger charge is 2.08. The van der Waals surface area contributed by atoms with Crippen LogP contribution in [0.4, 0.5) is 5.95 Å². The van der Waals surface area contributed by atoms with Crippen molar-refractivity contribution in [2.24, 2.45) is 0 Å². The van der Waals surface area contributed by atoms with Gasteiger partial charge in [0, 0.05) is 24.0 Å². The van der Waals surface area contributed by atoms with E-state index in [0.717, 1.165) is 11.1 Å². The molecule has 2 N–H and O–H groups in total. The minimum Gasteiger partial charge on any atom is -0.481 e. The molecule has 0 aliphatic rings. The number of pyridine rings is 2. The fourth-order valence-electron chi connectivity index (χ4n) is 1.84. The normalized spacial score (nSPS) is 10.7. The lowest BCUT2D eigenvalue weighted by atomic mass is 10.1. The average molecular weight is 241 g/mol. The third-order valence-electron chi connectivity index (χ3n) is 2.63. The topological polar surface area (TPSA) is 78.3 Å². The van der Waals surface area contributed by atoms with E-state index in [2.05, 4.69) is 15.1 Å². The Morgan fingerprint density at radius 3 is 3.06 bits per heavy atom. The van der Waals surface area contributed by atoms with E-state index < -0.39 is 0 Å². The van der Waals surface area contributed by atoms with Crippen molar-refractivity contribution in [3.05, 3.63) is 36.7 Å². The molecule has 18 heavy (non-hydrogen) atoms. The zero-order chi connectivity index (χ0) is 12.5. The molecule has 6 nitrogen and oxygen atoms in total. The molecule has 0 amide bonds. The number of fused-ring (bicyclic) bond motifs is 1. The van der Waals surface area contributed by atoms with Gasteiger partial charge in [-0.1, -0.05) is 0 Å². The van der Waals surface area contributed by atoms with Crippen molar-refractivity contribution in [1.29, 1.82) is 0 Å². The molecule has 3 aromatic rings.